The number of pyridine rings is 2. The highest BCUT2D eigenvalue weighted by Crippen LogP contribution is 2.26. The Kier molecular flexibility index (Phi) is 8.53. The number of hydrogen-bond donors (Lipinski definition) is 0. The minimum Gasteiger partial charge on any atom is -0.301 e. The zero-order valence-corrected chi connectivity index (χ0v) is 27.6. The number of rotatable bonds is 2. The highest BCUT2D eigenvalue weighted by atomic mass is 131. The van der Waals surface area contributed by atoms with E-state index in [0.717, 1.165) is 11.6 Å². The van der Waals surface area contributed by atoms with E-state index in [1.165, 1.54) is 50.5 Å². The van der Waals surface area contributed by atoms with Crippen molar-refractivity contribution in [1.29, 1.82) is 0 Å². The first-order valence-electron chi connectivity index (χ1n) is 13.9. The molecule has 0 aliphatic heterocycles. The van der Waals surface area contributed by atoms with Crippen molar-refractivity contribution in [2.75, 3.05) is 0 Å². The summed E-state index contributed by atoms with van der Waals surface area (Å²) in [5, 5.41) is 7.32. The molecule has 0 aliphatic carbocycles. The second-order valence-electron chi connectivity index (χ2n) is 9.50. The fraction of sp³-hybridized carbons (Fsp3) is 0.0556. The highest BCUT2D eigenvalue weighted by molar-refractivity contribution is 14.1. The summed E-state index contributed by atoms with van der Waals surface area (Å²) in [6, 6.07) is 37.9. The molecule has 0 unspecified atom stereocenters. The largest absolute Gasteiger partial charge is 0.301 e. The van der Waals surface area contributed by atoms with Crippen LogP contribution in [-0.2, 0) is 0 Å². The van der Waals surface area contributed by atoms with Crippen LogP contribution in [-0.4, -0.2) is 19.1 Å². The van der Waals surface area contributed by atoms with Gasteiger partial charge in [-0.1, -0.05) is 74.5 Å². The first-order chi connectivity index (χ1) is 20.7. The van der Waals surface area contributed by atoms with Crippen molar-refractivity contribution < 1.29 is 0 Å². The number of benzene rings is 4. The van der Waals surface area contributed by atoms with Gasteiger partial charge in [-0.25, -0.2) is 9.97 Å². The lowest BCUT2D eigenvalue weighted by Crippen LogP contribution is -1.95. The molecule has 0 bridgehead atoms. The monoisotopic (exact) mass is 774 g/mol. The maximum Gasteiger partial charge on any atom is 0.137 e. The molecule has 4 heterocycles. The lowest BCUT2D eigenvalue weighted by Gasteiger charge is -2.07. The number of hydrogen-bond acceptors (Lipinski definition) is 2. The minimum atomic E-state index is 0.961. The van der Waals surface area contributed by atoms with E-state index in [9.17, 15) is 0 Å². The van der Waals surface area contributed by atoms with E-state index in [0.29, 0.717) is 0 Å². The summed E-state index contributed by atoms with van der Waals surface area (Å²) in [4.78, 5) is 9.20. The van der Waals surface area contributed by atoms with Gasteiger partial charge in [0.2, 0.25) is 0 Å². The third-order valence-corrected chi connectivity index (χ3v) is 8.97. The van der Waals surface area contributed by atoms with Crippen LogP contribution in [0.3, 0.4) is 0 Å². The van der Waals surface area contributed by atoms with Gasteiger partial charge in [0, 0.05) is 53.5 Å². The van der Waals surface area contributed by atoms with E-state index in [2.05, 4.69) is 186 Å². The molecule has 0 fully saturated rings. The summed E-state index contributed by atoms with van der Waals surface area (Å²) in [5.41, 5.74) is 2.37. The molecule has 0 aliphatic rings. The Morgan fingerprint density at radius 2 is 1.02 bits per heavy atom. The molecule has 8 rings (SSSR count). The molecule has 4 aromatic heterocycles. The molecule has 8 aromatic rings. The molecule has 0 atom stereocenters. The number of halogens is 2. The van der Waals surface area contributed by atoms with Crippen LogP contribution in [0.25, 0.3) is 55.0 Å². The van der Waals surface area contributed by atoms with Gasteiger partial charge in [0.25, 0.3) is 0 Å². The fourth-order valence-electron chi connectivity index (χ4n) is 5.07. The zero-order valence-electron chi connectivity index (χ0n) is 23.2. The fourth-order valence-corrected chi connectivity index (χ4v) is 6.42. The van der Waals surface area contributed by atoms with Crippen LogP contribution in [0, 0.1) is 7.14 Å². The second kappa shape index (κ2) is 12.6. The van der Waals surface area contributed by atoms with E-state index in [-0.39, 0.29) is 0 Å². The average molecular weight is 774 g/mol. The topological polar surface area (TPSA) is 35.6 Å². The molecule has 4 aromatic carbocycles. The van der Waals surface area contributed by atoms with Crippen LogP contribution in [0.15, 0.2) is 134 Å². The van der Waals surface area contributed by atoms with Crippen LogP contribution in [0.1, 0.15) is 13.8 Å². The summed E-state index contributed by atoms with van der Waals surface area (Å²) < 4.78 is 6.77. The average Bonchev–Trinajstić information content (AvgIpc) is 3.68. The number of fused-ring (bicyclic) bond motifs is 4. The summed E-state index contributed by atoms with van der Waals surface area (Å²) in [6.45, 7) is 4.00. The molecular weight excluding hydrogens is 746 g/mol. The standard InChI is InChI=1S/2C17H11IN2.C2H6/c2*18-15-6-3-5-13-11-19-17(10-14(13)15)20-9-8-12-4-1-2-7-16(12)20;1-2/h2*1-11H;1-2H3/i18+4;;. The molecule has 0 spiro atoms. The van der Waals surface area contributed by atoms with E-state index < -0.39 is 0 Å². The Morgan fingerprint density at radius 3 is 1.62 bits per heavy atom. The molecule has 42 heavy (non-hydrogen) atoms. The molecule has 0 radical (unpaired) electrons. The van der Waals surface area contributed by atoms with Gasteiger partial charge < -0.3 is 9.13 Å². The maximum atomic E-state index is 4.60. The predicted octanol–water partition coefficient (Wildman–Crippen LogP) is 10.6. The molecular formula is C36H28I2N4. The third kappa shape index (κ3) is 5.53. The normalized spacial score (nSPS) is 10.9. The van der Waals surface area contributed by atoms with Crippen LogP contribution in [0.4, 0.5) is 0 Å². The van der Waals surface area contributed by atoms with Crippen molar-refractivity contribution in [3.63, 3.8) is 0 Å². The Labute approximate surface area is 272 Å². The van der Waals surface area contributed by atoms with Crippen LogP contribution < -0.4 is 0 Å². The van der Waals surface area contributed by atoms with Crippen molar-refractivity contribution >= 4 is 88.5 Å². The van der Waals surface area contributed by atoms with Crippen molar-refractivity contribution in [2.24, 2.45) is 0 Å². The summed E-state index contributed by atoms with van der Waals surface area (Å²) in [5.74, 6) is 1.92. The first-order valence-corrected chi connectivity index (χ1v) is 16.0. The Balaban J connectivity index is 0.000000142. The van der Waals surface area contributed by atoms with E-state index in [1.54, 1.807) is 0 Å². The van der Waals surface area contributed by atoms with Gasteiger partial charge in [0.05, 0.1) is 11.0 Å². The smallest absolute Gasteiger partial charge is 0.137 e. The number of aromatic nitrogens is 4. The second-order valence-corrected chi connectivity index (χ2v) is 11.8. The molecule has 0 saturated heterocycles. The molecule has 6 heteroatoms. The van der Waals surface area contributed by atoms with Gasteiger partial charge in [-0.05, 0) is 104 Å². The zero-order chi connectivity index (χ0) is 29.1. The van der Waals surface area contributed by atoms with Gasteiger partial charge in [-0.15, -0.1) is 0 Å². The maximum absolute atomic E-state index is 4.60. The van der Waals surface area contributed by atoms with Crippen LogP contribution >= 0.6 is 45.2 Å². The lowest BCUT2D eigenvalue weighted by molar-refractivity contribution is 1.05. The van der Waals surface area contributed by atoms with Gasteiger partial charge >= 0.3 is 0 Å². The SMILES string of the molecule is CC.Ic1cccc2cnc(-n3ccc4ccccc43)cc12.[131I]c1cccc2cnc(-n3ccc4ccccc43)cc12. The summed E-state index contributed by atoms with van der Waals surface area (Å²) in [7, 11) is 0. The molecule has 0 saturated carbocycles. The van der Waals surface area contributed by atoms with Gasteiger partial charge in [-0.2, -0.15) is 0 Å². The van der Waals surface area contributed by atoms with Gasteiger partial charge in [0.1, 0.15) is 11.6 Å². The van der Waals surface area contributed by atoms with Crippen molar-refractivity contribution in [2.45, 2.75) is 13.8 Å². The number of para-hydroxylation sites is 2. The van der Waals surface area contributed by atoms with Crippen LogP contribution in [0.5, 0.6) is 0 Å². The number of nitrogens with zero attached hydrogens (tertiary/aromatic N) is 4. The minimum absolute atomic E-state index is 0.961. The van der Waals surface area contributed by atoms with Crippen molar-refractivity contribution in [1.82, 2.24) is 19.1 Å². The molecule has 0 amide bonds. The van der Waals surface area contributed by atoms with E-state index in [4.69, 9.17) is 0 Å². The Bertz CT molecular complexity index is 2000. The van der Waals surface area contributed by atoms with Crippen LogP contribution in [0.2, 0.25) is 0 Å². The van der Waals surface area contributed by atoms with Crippen molar-refractivity contribution in [3.8, 4) is 11.6 Å². The quantitative estimate of drug-likeness (QED) is 0.164. The molecule has 206 valence electrons. The Hall–Kier alpha value is -3.76. The van der Waals surface area contributed by atoms with E-state index in [1.807, 2.05) is 26.2 Å². The van der Waals surface area contributed by atoms with Gasteiger partial charge in [0.15, 0.2) is 0 Å². The third-order valence-electron chi connectivity index (χ3n) is 7.08. The lowest BCUT2D eigenvalue weighted by atomic mass is 10.2. The van der Waals surface area contributed by atoms with Crippen molar-refractivity contribution in [3.05, 3.63) is 141 Å². The highest BCUT2D eigenvalue weighted by Gasteiger charge is 2.07. The first kappa shape index (κ1) is 28.4. The summed E-state index contributed by atoms with van der Waals surface area (Å²) >= 11 is 4.75. The van der Waals surface area contributed by atoms with E-state index >= 15 is 0 Å². The predicted molar refractivity (Wildman–Crippen MR) is 194 cm³/mol. The molecule has 0 N–H and O–H groups in total. The molecule has 4 nitrogen and oxygen atoms in total. The Morgan fingerprint density at radius 1 is 0.548 bits per heavy atom. The summed E-state index contributed by atoms with van der Waals surface area (Å²) in [6.07, 6.45) is 8.05. The van der Waals surface area contributed by atoms with Gasteiger partial charge in [-0.3, -0.25) is 0 Å².